The molecule has 4 nitrogen and oxygen atoms in total. The zero-order valence-corrected chi connectivity index (χ0v) is 6.53. The molecule has 0 saturated heterocycles. The van der Waals surface area contributed by atoms with Gasteiger partial charge in [0.1, 0.15) is 0 Å². The fourth-order valence-corrected chi connectivity index (χ4v) is 0.840. The largest absolute Gasteiger partial charge is 0.395 e. The van der Waals surface area contributed by atoms with E-state index in [2.05, 4.69) is 16.5 Å². The summed E-state index contributed by atoms with van der Waals surface area (Å²) in [6, 6.07) is 0. The van der Waals surface area contributed by atoms with Crippen LogP contribution in [0, 0.1) is 5.92 Å². The minimum atomic E-state index is -0.559. The Balaban J connectivity index is 2.77. The zero-order chi connectivity index (χ0) is 8.97. The Kier molecular flexibility index (Phi) is 2.76. The molecule has 0 fully saturated rings. The van der Waals surface area contributed by atoms with Crippen molar-refractivity contribution in [3.8, 4) is 0 Å². The van der Waals surface area contributed by atoms with Gasteiger partial charge in [0.2, 0.25) is 5.78 Å². The molecule has 1 heterocycles. The second kappa shape index (κ2) is 3.82. The number of carbonyl (C=O) groups is 1. The van der Waals surface area contributed by atoms with E-state index in [4.69, 9.17) is 5.11 Å². The van der Waals surface area contributed by atoms with Gasteiger partial charge in [0.05, 0.1) is 12.5 Å². The van der Waals surface area contributed by atoms with Crippen molar-refractivity contribution < 1.29 is 9.90 Å². The summed E-state index contributed by atoms with van der Waals surface area (Å²) < 4.78 is 0. The van der Waals surface area contributed by atoms with E-state index in [1.165, 1.54) is 12.3 Å². The van der Waals surface area contributed by atoms with Crippen molar-refractivity contribution in [2.45, 2.75) is 0 Å². The second-order valence-corrected chi connectivity index (χ2v) is 2.33. The van der Waals surface area contributed by atoms with Gasteiger partial charge in [0, 0.05) is 12.4 Å². The van der Waals surface area contributed by atoms with Crippen LogP contribution in [0.3, 0.4) is 0 Å². The van der Waals surface area contributed by atoms with Crippen LogP contribution in [0.2, 0.25) is 0 Å². The number of nitrogens with zero attached hydrogens (tertiary/aromatic N) is 1. The van der Waals surface area contributed by atoms with Crippen molar-refractivity contribution in [2.24, 2.45) is 5.92 Å². The molecular formula is C8H10N2O2. The van der Waals surface area contributed by atoms with Gasteiger partial charge in [-0.2, -0.15) is 0 Å². The smallest absolute Gasteiger partial charge is 0.207 e. The molecule has 0 aliphatic heterocycles. The van der Waals surface area contributed by atoms with Gasteiger partial charge >= 0.3 is 0 Å². The maximum absolute atomic E-state index is 11.3. The number of hydrogen-bond donors (Lipinski definition) is 2. The van der Waals surface area contributed by atoms with Crippen LogP contribution in [-0.2, 0) is 0 Å². The highest BCUT2D eigenvalue weighted by molar-refractivity contribution is 5.95. The first-order valence-electron chi connectivity index (χ1n) is 3.56. The van der Waals surface area contributed by atoms with Crippen LogP contribution in [0.4, 0.5) is 0 Å². The van der Waals surface area contributed by atoms with Crippen molar-refractivity contribution in [1.29, 1.82) is 0 Å². The maximum Gasteiger partial charge on any atom is 0.207 e. The number of aliphatic hydroxyl groups excluding tert-OH is 1. The van der Waals surface area contributed by atoms with E-state index in [1.54, 1.807) is 6.20 Å². The Hall–Kier alpha value is -1.42. The molecule has 0 saturated carbocycles. The lowest BCUT2D eigenvalue weighted by molar-refractivity contribution is 0.0891. The van der Waals surface area contributed by atoms with Crippen LogP contribution in [0.15, 0.2) is 25.0 Å². The van der Waals surface area contributed by atoms with Crippen molar-refractivity contribution in [3.05, 3.63) is 30.9 Å². The molecule has 0 spiro atoms. The minimum Gasteiger partial charge on any atom is -0.395 e. The fraction of sp³-hybridized carbons (Fsp3) is 0.250. The molecule has 2 N–H and O–H groups in total. The highest BCUT2D eigenvalue weighted by Gasteiger charge is 2.17. The SMILES string of the molecule is C=CC(CO)C(=O)c1ncc[nH]1. The fourth-order valence-electron chi connectivity index (χ4n) is 0.840. The molecule has 1 unspecified atom stereocenters. The van der Waals surface area contributed by atoms with Crippen LogP contribution in [-0.4, -0.2) is 27.5 Å². The molecule has 4 heteroatoms. The van der Waals surface area contributed by atoms with Gasteiger partial charge in [0.25, 0.3) is 0 Å². The van der Waals surface area contributed by atoms with Crippen LogP contribution >= 0.6 is 0 Å². The molecule has 0 aliphatic rings. The number of Topliss-reactive ketones (excluding diaryl/α,β-unsaturated/α-hetero) is 1. The third kappa shape index (κ3) is 1.60. The average molecular weight is 166 g/mol. The molecule has 0 radical (unpaired) electrons. The molecule has 0 amide bonds. The number of H-pyrrole nitrogens is 1. The van der Waals surface area contributed by atoms with Crippen LogP contribution in [0.1, 0.15) is 10.6 Å². The normalized spacial score (nSPS) is 12.4. The molecule has 1 aromatic heterocycles. The Morgan fingerprint density at radius 3 is 3.08 bits per heavy atom. The van der Waals surface area contributed by atoms with Gasteiger partial charge in [0.15, 0.2) is 5.82 Å². The summed E-state index contributed by atoms with van der Waals surface area (Å²) in [5.41, 5.74) is 0. The molecule has 12 heavy (non-hydrogen) atoms. The van der Waals surface area contributed by atoms with Gasteiger partial charge in [-0.3, -0.25) is 4.79 Å². The summed E-state index contributed by atoms with van der Waals surface area (Å²) in [6.07, 6.45) is 4.46. The molecule has 1 aromatic rings. The standard InChI is InChI=1S/C8H10N2O2/c1-2-6(5-11)7(12)8-9-3-4-10-8/h2-4,6,11H,1,5H2,(H,9,10). The van der Waals surface area contributed by atoms with E-state index < -0.39 is 5.92 Å². The van der Waals surface area contributed by atoms with E-state index in [0.717, 1.165) is 0 Å². The number of hydrogen-bond acceptors (Lipinski definition) is 3. The molecule has 1 atom stereocenters. The molecule has 64 valence electrons. The summed E-state index contributed by atoms with van der Waals surface area (Å²) in [5.74, 6) is -0.539. The van der Waals surface area contributed by atoms with Gasteiger partial charge < -0.3 is 10.1 Å². The Morgan fingerprint density at radius 2 is 2.67 bits per heavy atom. The molecule has 1 rings (SSSR count). The number of nitrogens with one attached hydrogen (secondary N) is 1. The van der Waals surface area contributed by atoms with Crippen molar-refractivity contribution in [1.82, 2.24) is 9.97 Å². The number of aromatic nitrogens is 2. The van der Waals surface area contributed by atoms with E-state index in [9.17, 15) is 4.79 Å². The number of aliphatic hydroxyl groups is 1. The highest BCUT2D eigenvalue weighted by Crippen LogP contribution is 2.04. The minimum absolute atomic E-state index is 0.233. The monoisotopic (exact) mass is 166 g/mol. The van der Waals surface area contributed by atoms with E-state index in [0.29, 0.717) is 0 Å². The lowest BCUT2D eigenvalue weighted by Crippen LogP contribution is -2.17. The number of aromatic amines is 1. The Labute approximate surface area is 70.0 Å². The first kappa shape index (κ1) is 8.67. The Bertz CT molecular complexity index is 267. The van der Waals surface area contributed by atoms with Crippen molar-refractivity contribution >= 4 is 5.78 Å². The predicted octanol–water partition coefficient (Wildman–Crippen LogP) is 0.387. The van der Waals surface area contributed by atoms with Crippen molar-refractivity contribution in [3.63, 3.8) is 0 Å². The molecule has 0 aromatic carbocycles. The third-order valence-electron chi connectivity index (χ3n) is 1.55. The third-order valence-corrected chi connectivity index (χ3v) is 1.55. The van der Waals surface area contributed by atoms with Crippen LogP contribution in [0.25, 0.3) is 0 Å². The average Bonchev–Trinajstić information content (AvgIpc) is 2.58. The molecule has 0 aliphatic carbocycles. The number of imidazole rings is 1. The highest BCUT2D eigenvalue weighted by atomic mass is 16.3. The van der Waals surface area contributed by atoms with E-state index in [1.807, 2.05) is 0 Å². The summed E-state index contributed by atoms with van der Waals surface area (Å²) >= 11 is 0. The van der Waals surface area contributed by atoms with Gasteiger partial charge in [-0.15, -0.1) is 6.58 Å². The number of ketones is 1. The number of carbonyl (C=O) groups excluding carboxylic acids is 1. The lowest BCUT2D eigenvalue weighted by Gasteiger charge is -2.03. The number of rotatable bonds is 4. The first-order valence-corrected chi connectivity index (χ1v) is 3.56. The van der Waals surface area contributed by atoms with Gasteiger partial charge in [-0.1, -0.05) is 6.08 Å². The molecular weight excluding hydrogens is 156 g/mol. The Morgan fingerprint density at radius 1 is 1.92 bits per heavy atom. The first-order chi connectivity index (χ1) is 5.79. The summed E-state index contributed by atoms with van der Waals surface area (Å²) in [6.45, 7) is 3.21. The molecule has 0 bridgehead atoms. The zero-order valence-electron chi connectivity index (χ0n) is 6.53. The topological polar surface area (TPSA) is 66.0 Å². The van der Waals surface area contributed by atoms with E-state index >= 15 is 0 Å². The summed E-state index contributed by atoms with van der Waals surface area (Å²) in [4.78, 5) is 17.8. The van der Waals surface area contributed by atoms with E-state index in [-0.39, 0.29) is 18.2 Å². The second-order valence-electron chi connectivity index (χ2n) is 2.33. The maximum atomic E-state index is 11.3. The van der Waals surface area contributed by atoms with Crippen LogP contribution < -0.4 is 0 Å². The lowest BCUT2D eigenvalue weighted by atomic mass is 10.1. The van der Waals surface area contributed by atoms with Gasteiger partial charge in [-0.05, 0) is 0 Å². The quantitative estimate of drug-likeness (QED) is 0.502. The van der Waals surface area contributed by atoms with Gasteiger partial charge in [-0.25, -0.2) is 4.98 Å². The predicted molar refractivity (Wildman–Crippen MR) is 43.7 cm³/mol. The summed E-state index contributed by atoms with van der Waals surface area (Å²) in [7, 11) is 0. The van der Waals surface area contributed by atoms with Crippen molar-refractivity contribution in [2.75, 3.05) is 6.61 Å². The summed E-state index contributed by atoms with van der Waals surface area (Å²) in [5, 5.41) is 8.76. The van der Waals surface area contributed by atoms with Crippen LogP contribution in [0.5, 0.6) is 0 Å².